The van der Waals surface area contributed by atoms with Gasteiger partial charge in [-0.1, -0.05) is 74.0 Å². The van der Waals surface area contributed by atoms with Gasteiger partial charge < -0.3 is 4.55 Å². The van der Waals surface area contributed by atoms with Crippen LogP contribution in [0, 0.1) is 0 Å². The Morgan fingerprint density at radius 3 is 1.97 bits per heavy atom. The highest BCUT2D eigenvalue weighted by atomic mass is 32.2. The smallest absolute Gasteiger partial charge is 0.243 e. The summed E-state index contributed by atoms with van der Waals surface area (Å²) in [6, 6.07) is 20.5. The second-order valence-electron chi connectivity index (χ2n) is 7.46. The molecule has 0 saturated carbocycles. The summed E-state index contributed by atoms with van der Waals surface area (Å²) in [5, 5.41) is 2.56. The predicted octanol–water partition coefficient (Wildman–Crippen LogP) is 3.56. The zero-order valence-electron chi connectivity index (χ0n) is 18.4. The van der Waals surface area contributed by atoms with Crippen LogP contribution in [-0.2, 0) is 23.7 Å². The standard InChI is InChI=1S/C16H19O3PS.C8H15N2/c17-21(18,19)14-8-7-13-20(15-9-3-1-4-10-15)16-11-5-2-6-12-16;1-3-4-5-10-7-6-9(2)8-10/h1-6,9-12H,7-8,13-14H2,(H,17,18,19);6-8H,3-5H2,1-2H3/q;+1/p-1. The van der Waals surface area contributed by atoms with Crippen molar-refractivity contribution in [2.45, 2.75) is 39.2 Å². The second-order valence-corrected chi connectivity index (χ2v) is 11.3. The number of aromatic nitrogens is 2. The van der Waals surface area contributed by atoms with Gasteiger partial charge in [0.25, 0.3) is 0 Å². The lowest BCUT2D eigenvalue weighted by molar-refractivity contribution is -0.671. The fourth-order valence-corrected chi connectivity index (χ4v) is 6.12. The predicted molar refractivity (Wildman–Crippen MR) is 128 cm³/mol. The summed E-state index contributed by atoms with van der Waals surface area (Å²) in [6.07, 6.45) is 10.9. The number of nitrogens with zero attached hydrogens (tertiary/aromatic N) is 2. The van der Waals surface area contributed by atoms with Crippen molar-refractivity contribution in [3.8, 4) is 0 Å². The highest BCUT2D eigenvalue weighted by Gasteiger charge is 2.12. The molecule has 3 aromatic rings. The van der Waals surface area contributed by atoms with Gasteiger partial charge in [-0.15, -0.1) is 0 Å². The van der Waals surface area contributed by atoms with Crippen LogP contribution in [-0.4, -0.2) is 29.5 Å². The molecule has 0 spiro atoms. The average molecular weight is 461 g/mol. The summed E-state index contributed by atoms with van der Waals surface area (Å²) in [4.78, 5) is 0. The van der Waals surface area contributed by atoms with Gasteiger partial charge in [0, 0.05) is 5.75 Å². The fourth-order valence-electron chi connectivity index (χ4n) is 3.15. The Morgan fingerprint density at radius 2 is 1.52 bits per heavy atom. The van der Waals surface area contributed by atoms with Gasteiger partial charge in [-0.25, -0.2) is 17.6 Å². The molecule has 0 aliphatic heterocycles. The van der Waals surface area contributed by atoms with Crippen LogP contribution in [0.25, 0.3) is 0 Å². The zero-order chi connectivity index (χ0) is 22.5. The van der Waals surface area contributed by atoms with E-state index in [2.05, 4.69) is 59.0 Å². The van der Waals surface area contributed by atoms with Gasteiger partial charge in [0.15, 0.2) is 0 Å². The van der Waals surface area contributed by atoms with Crippen molar-refractivity contribution >= 4 is 28.6 Å². The quantitative estimate of drug-likeness (QED) is 0.201. The summed E-state index contributed by atoms with van der Waals surface area (Å²) in [6.45, 7) is 3.36. The molecular formula is C24H33N2O3PS. The summed E-state index contributed by atoms with van der Waals surface area (Å²) in [7, 11) is -2.55. The van der Waals surface area contributed by atoms with Crippen LogP contribution in [0.15, 0.2) is 79.4 Å². The van der Waals surface area contributed by atoms with Crippen LogP contribution in [0.1, 0.15) is 32.6 Å². The molecule has 0 bridgehead atoms. The number of benzene rings is 2. The summed E-state index contributed by atoms with van der Waals surface area (Å²) >= 11 is 0. The summed E-state index contributed by atoms with van der Waals surface area (Å²) in [5.74, 6) is -0.264. The molecule has 2 aromatic carbocycles. The third-order valence-electron chi connectivity index (χ3n) is 4.76. The monoisotopic (exact) mass is 460 g/mol. The Kier molecular flexibility index (Phi) is 10.9. The van der Waals surface area contributed by atoms with E-state index in [9.17, 15) is 13.0 Å². The first-order valence-corrected chi connectivity index (χ1v) is 13.8. The largest absolute Gasteiger partial charge is 0.748 e. The Morgan fingerprint density at radius 1 is 0.935 bits per heavy atom. The molecule has 0 saturated heterocycles. The molecule has 0 amide bonds. The molecule has 0 N–H and O–H groups in total. The van der Waals surface area contributed by atoms with Crippen molar-refractivity contribution in [2.75, 3.05) is 11.9 Å². The maximum absolute atomic E-state index is 10.7. The Bertz CT molecular complexity index is 937. The molecule has 0 radical (unpaired) electrons. The van der Waals surface area contributed by atoms with E-state index in [1.165, 1.54) is 23.5 Å². The minimum Gasteiger partial charge on any atom is -0.748 e. The van der Waals surface area contributed by atoms with Gasteiger partial charge in [-0.05, 0) is 44.0 Å². The first-order chi connectivity index (χ1) is 14.9. The normalized spacial score (nSPS) is 11.2. The number of unbranched alkanes of at least 4 members (excludes halogenated alkanes) is 2. The highest BCUT2D eigenvalue weighted by molar-refractivity contribution is 7.85. The van der Waals surface area contributed by atoms with E-state index in [-0.39, 0.29) is 5.75 Å². The lowest BCUT2D eigenvalue weighted by atomic mass is 10.3. The van der Waals surface area contributed by atoms with Crippen molar-refractivity contribution in [3.05, 3.63) is 79.4 Å². The van der Waals surface area contributed by atoms with Gasteiger partial charge in [0.1, 0.15) is 12.4 Å². The van der Waals surface area contributed by atoms with Crippen molar-refractivity contribution in [1.82, 2.24) is 4.57 Å². The maximum atomic E-state index is 10.7. The Labute approximate surface area is 188 Å². The number of hydrogen-bond donors (Lipinski definition) is 0. The van der Waals surface area contributed by atoms with Crippen LogP contribution >= 0.6 is 7.92 Å². The van der Waals surface area contributed by atoms with Gasteiger partial charge in [-0.2, -0.15) is 0 Å². The third-order valence-corrected chi connectivity index (χ3v) is 8.15. The lowest BCUT2D eigenvalue weighted by Crippen LogP contribution is -2.23. The Balaban J connectivity index is 0.000000285. The van der Waals surface area contributed by atoms with E-state index in [0.29, 0.717) is 6.42 Å². The fraction of sp³-hybridized carbons (Fsp3) is 0.375. The Hall–Kier alpha value is -2.01. The number of imidazole rings is 1. The second kappa shape index (κ2) is 13.4. The van der Waals surface area contributed by atoms with Crippen LogP contribution in [0.4, 0.5) is 0 Å². The molecule has 0 unspecified atom stereocenters. The highest BCUT2D eigenvalue weighted by Crippen LogP contribution is 2.34. The molecule has 0 fully saturated rings. The van der Waals surface area contributed by atoms with Crippen molar-refractivity contribution in [1.29, 1.82) is 0 Å². The molecule has 0 aliphatic carbocycles. The van der Waals surface area contributed by atoms with E-state index in [1.807, 2.05) is 43.4 Å². The van der Waals surface area contributed by atoms with Crippen molar-refractivity contribution in [2.24, 2.45) is 7.05 Å². The molecule has 7 heteroatoms. The van der Waals surface area contributed by atoms with Crippen LogP contribution < -0.4 is 15.2 Å². The van der Waals surface area contributed by atoms with Gasteiger partial charge >= 0.3 is 0 Å². The van der Waals surface area contributed by atoms with Crippen molar-refractivity contribution < 1.29 is 17.5 Å². The van der Waals surface area contributed by atoms with Gasteiger partial charge in [-0.3, -0.25) is 0 Å². The number of aryl methyl sites for hydroxylation is 2. The SMILES string of the molecule is CCCCn1cc[n+](C)c1.O=S(=O)([O-])CCCCP(c1ccccc1)c1ccccc1. The molecule has 1 aromatic heterocycles. The summed E-state index contributed by atoms with van der Waals surface area (Å²) in [5.41, 5.74) is 0. The topological polar surface area (TPSA) is 66.0 Å². The van der Waals surface area contributed by atoms with Crippen LogP contribution in [0.5, 0.6) is 0 Å². The van der Waals surface area contributed by atoms with Crippen LogP contribution in [0.2, 0.25) is 0 Å². The van der Waals surface area contributed by atoms with Crippen molar-refractivity contribution in [3.63, 3.8) is 0 Å². The third kappa shape index (κ3) is 10.2. The van der Waals surface area contributed by atoms with E-state index >= 15 is 0 Å². The average Bonchev–Trinajstić information content (AvgIpc) is 3.18. The zero-order valence-corrected chi connectivity index (χ0v) is 20.1. The molecule has 3 rings (SSSR count). The first-order valence-electron chi connectivity index (χ1n) is 10.7. The van der Waals surface area contributed by atoms with E-state index < -0.39 is 18.0 Å². The molecule has 5 nitrogen and oxygen atoms in total. The molecular weight excluding hydrogens is 427 g/mol. The lowest BCUT2D eigenvalue weighted by Gasteiger charge is -2.18. The number of rotatable bonds is 10. The molecule has 1 heterocycles. The van der Waals surface area contributed by atoms with Gasteiger partial charge in [0.2, 0.25) is 6.33 Å². The minimum absolute atomic E-state index is 0.264. The van der Waals surface area contributed by atoms with Gasteiger partial charge in [0.05, 0.1) is 23.7 Å². The molecule has 168 valence electrons. The maximum Gasteiger partial charge on any atom is 0.243 e. The van der Waals surface area contributed by atoms with Crippen LogP contribution in [0.3, 0.4) is 0 Å². The molecule has 0 aliphatic rings. The molecule has 31 heavy (non-hydrogen) atoms. The summed E-state index contributed by atoms with van der Waals surface area (Å²) < 4.78 is 36.3. The minimum atomic E-state index is -4.09. The van der Waals surface area contributed by atoms with E-state index in [1.54, 1.807) is 0 Å². The van der Waals surface area contributed by atoms with E-state index in [0.717, 1.165) is 19.1 Å². The first kappa shape index (κ1) is 25.3. The molecule has 0 atom stereocenters. The number of hydrogen-bond acceptors (Lipinski definition) is 3. The van der Waals surface area contributed by atoms with E-state index in [4.69, 9.17) is 0 Å².